The third-order valence-corrected chi connectivity index (χ3v) is 4.71. The highest BCUT2D eigenvalue weighted by Gasteiger charge is 2.17. The molecule has 0 aliphatic carbocycles. The van der Waals surface area contributed by atoms with Crippen LogP contribution < -0.4 is 25.9 Å². The summed E-state index contributed by atoms with van der Waals surface area (Å²) in [6.07, 6.45) is 0. The van der Waals surface area contributed by atoms with E-state index in [1.807, 2.05) is 37.3 Å². The Morgan fingerprint density at radius 1 is 1.24 bits per heavy atom. The van der Waals surface area contributed by atoms with Crippen LogP contribution in [0.25, 0.3) is 0 Å². The number of halogens is 1. The predicted octanol–water partition coefficient (Wildman–Crippen LogP) is 2.10. The van der Waals surface area contributed by atoms with Gasteiger partial charge in [-0.3, -0.25) is 4.79 Å². The lowest BCUT2D eigenvalue weighted by molar-refractivity contribution is -0.118. The fourth-order valence-electron chi connectivity index (χ4n) is 2.50. The first-order valence-corrected chi connectivity index (χ1v) is 9.39. The number of nitrogen functional groups attached to an aromatic ring is 1. The fourth-order valence-corrected chi connectivity index (χ4v) is 2.95. The summed E-state index contributed by atoms with van der Waals surface area (Å²) < 4.78 is 11.9. The zero-order chi connectivity index (χ0) is 20.8. The fraction of sp³-hybridized carbons (Fsp3) is 0.222. The highest BCUT2D eigenvalue weighted by atomic mass is 79.9. The van der Waals surface area contributed by atoms with Crippen molar-refractivity contribution in [3.8, 4) is 11.5 Å². The van der Waals surface area contributed by atoms with Crippen molar-refractivity contribution in [1.82, 2.24) is 20.3 Å². The van der Waals surface area contributed by atoms with E-state index in [0.29, 0.717) is 22.7 Å². The van der Waals surface area contributed by atoms with Gasteiger partial charge in [0.15, 0.2) is 18.1 Å². The van der Waals surface area contributed by atoms with Crippen LogP contribution in [0.5, 0.6) is 11.5 Å². The van der Waals surface area contributed by atoms with E-state index in [1.165, 1.54) is 11.9 Å². The summed E-state index contributed by atoms with van der Waals surface area (Å²) in [6.45, 7) is 2.05. The van der Waals surface area contributed by atoms with E-state index in [4.69, 9.17) is 15.2 Å². The molecule has 1 aromatic heterocycles. The summed E-state index contributed by atoms with van der Waals surface area (Å²) in [5.41, 5.74) is 11.1. The van der Waals surface area contributed by atoms with Gasteiger partial charge >= 0.3 is 0 Å². The smallest absolute Gasteiger partial charge is 0.262 e. The average molecular weight is 462 g/mol. The highest BCUT2D eigenvalue weighted by Crippen LogP contribution is 2.36. The van der Waals surface area contributed by atoms with Crippen LogP contribution in [-0.2, 0) is 11.3 Å². The number of carbonyl (C=O) groups is 1. The summed E-state index contributed by atoms with van der Waals surface area (Å²) in [4.78, 5) is 13.5. The van der Waals surface area contributed by atoms with Crippen molar-refractivity contribution in [3.63, 3.8) is 0 Å². The van der Waals surface area contributed by atoms with Crippen molar-refractivity contribution in [2.45, 2.75) is 13.5 Å². The van der Waals surface area contributed by atoms with Gasteiger partial charge < -0.3 is 25.9 Å². The molecule has 0 unspecified atom stereocenters. The number of anilines is 2. The van der Waals surface area contributed by atoms with Crippen molar-refractivity contribution in [2.75, 3.05) is 30.2 Å². The molecule has 0 aliphatic rings. The average Bonchev–Trinajstić information content (AvgIpc) is 3.12. The number of rotatable bonds is 8. The van der Waals surface area contributed by atoms with Gasteiger partial charge in [-0.05, 0) is 41.6 Å². The van der Waals surface area contributed by atoms with Crippen molar-refractivity contribution < 1.29 is 14.3 Å². The van der Waals surface area contributed by atoms with Gasteiger partial charge in [0.1, 0.15) is 0 Å². The number of hydrogen-bond donors (Lipinski definition) is 3. The highest BCUT2D eigenvalue weighted by molar-refractivity contribution is 9.10. The maximum Gasteiger partial charge on any atom is 0.262 e. The number of aromatic nitrogens is 4. The molecule has 0 spiro atoms. The Morgan fingerprint density at radius 3 is 2.66 bits per heavy atom. The number of carbonyl (C=O) groups excluding carboxylic acids is 1. The van der Waals surface area contributed by atoms with Crippen LogP contribution in [0, 0.1) is 6.92 Å². The maximum atomic E-state index is 12.3. The Hall–Kier alpha value is -3.34. The number of aryl methyl sites for hydroxylation is 1. The number of nitrogens with one attached hydrogen (secondary N) is 2. The number of amides is 1. The number of nitrogens with two attached hydrogens (primary N) is 1. The molecule has 0 radical (unpaired) electrons. The molecule has 152 valence electrons. The number of ether oxygens (including phenoxy) is 2. The normalized spacial score (nSPS) is 10.4. The van der Waals surface area contributed by atoms with Gasteiger partial charge in [0.2, 0.25) is 0 Å². The number of nitrogens with zero attached hydrogens (tertiary/aromatic N) is 4. The van der Waals surface area contributed by atoms with E-state index in [2.05, 4.69) is 42.2 Å². The zero-order valence-electron chi connectivity index (χ0n) is 15.8. The SMILES string of the molecule is COc1ccc(Br)c(CNn2nnnc2N)c1OCC(=O)Nc1ccc(C)cc1. The Kier molecular flexibility index (Phi) is 6.50. The van der Waals surface area contributed by atoms with Gasteiger partial charge in [0.25, 0.3) is 11.9 Å². The Labute approximate surface area is 175 Å². The van der Waals surface area contributed by atoms with E-state index < -0.39 is 0 Å². The summed E-state index contributed by atoms with van der Waals surface area (Å²) in [5, 5.41) is 13.6. The summed E-state index contributed by atoms with van der Waals surface area (Å²) >= 11 is 3.49. The quantitative estimate of drug-likeness (QED) is 0.464. The third-order valence-electron chi connectivity index (χ3n) is 3.97. The summed E-state index contributed by atoms with van der Waals surface area (Å²) in [7, 11) is 1.53. The minimum Gasteiger partial charge on any atom is -0.493 e. The molecule has 0 saturated carbocycles. The van der Waals surface area contributed by atoms with E-state index in [1.54, 1.807) is 6.07 Å². The van der Waals surface area contributed by atoms with Crippen molar-refractivity contribution >= 4 is 33.5 Å². The van der Waals surface area contributed by atoms with E-state index in [9.17, 15) is 4.79 Å². The first kappa shape index (κ1) is 20.4. The predicted molar refractivity (Wildman–Crippen MR) is 111 cm³/mol. The van der Waals surface area contributed by atoms with Gasteiger partial charge in [-0.1, -0.05) is 38.7 Å². The summed E-state index contributed by atoms with van der Waals surface area (Å²) in [5.74, 6) is 0.723. The Balaban J connectivity index is 1.72. The van der Waals surface area contributed by atoms with E-state index >= 15 is 0 Å². The standard InChI is InChI=1S/C18H20BrN7O3/c1-11-3-5-12(6-4-11)22-16(27)10-29-17-13(14(19)7-8-15(17)28-2)9-21-26-18(20)23-24-25-26/h3-8,21H,9-10H2,1-2H3,(H,22,27)(H2,20,23,25). The van der Waals surface area contributed by atoms with Crippen molar-refractivity contribution in [3.05, 3.63) is 52.0 Å². The lowest BCUT2D eigenvalue weighted by Crippen LogP contribution is -2.22. The molecule has 3 rings (SSSR count). The second kappa shape index (κ2) is 9.24. The number of tetrazole rings is 1. The van der Waals surface area contributed by atoms with Crippen LogP contribution in [0.4, 0.5) is 11.6 Å². The molecule has 1 heterocycles. The van der Waals surface area contributed by atoms with Crippen LogP contribution >= 0.6 is 15.9 Å². The molecule has 2 aromatic carbocycles. The lowest BCUT2D eigenvalue weighted by Gasteiger charge is -2.17. The Morgan fingerprint density at radius 2 is 2.00 bits per heavy atom. The van der Waals surface area contributed by atoms with Gasteiger partial charge in [-0.15, -0.1) is 4.79 Å². The van der Waals surface area contributed by atoms with Crippen LogP contribution in [0.3, 0.4) is 0 Å². The molecule has 29 heavy (non-hydrogen) atoms. The number of benzene rings is 2. The second-order valence-corrected chi connectivity index (χ2v) is 6.90. The van der Waals surface area contributed by atoms with E-state index in [0.717, 1.165) is 10.0 Å². The largest absolute Gasteiger partial charge is 0.493 e. The monoisotopic (exact) mass is 461 g/mol. The molecule has 11 heteroatoms. The van der Waals surface area contributed by atoms with Crippen LogP contribution in [0.15, 0.2) is 40.9 Å². The zero-order valence-corrected chi connectivity index (χ0v) is 17.4. The molecular formula is C18H20BrN7O3. The molecule has 0 saturated heterocycles. The molecular weight excluding hydrogens is 442 g/mol. The second-order valence-electron chi connectivity index (χ2n) is 6.04. The first-order valence-electron chi connectivity index (χ1n) is 8.60. The third kappa shape index (κ3) is 5.13. The van der Waals surface area contributed by atoms with Crippen LogP contribution in [0.2, 0.25) is 0 Å². The number of methoxy groups -OCH3 is 1. The molecule has 3 aromatic rings. The lowest BCUT2D eigenvalue weighted by atomic mass is 10.2. The first-order chi connectivity index (χ1) is 14.0. The van der Waals surface area contributed by atoms with Crippen molar-refractivity contribution in [1.29, 1.82) is 0 Å². The van der Waals surface area contributed by atoms with Gasteiger partial charge in [0, 0.05) is 15.7 Å². The minimum atomic E-state index is -0.292. The van der Waals surface area contributed by atoms with Crippen molar-refractivity contribution in [2.24, 2.45) is 0 Å². The van der Waals surface area contributed by atoms with Crippen LogP contribution in [0.1, 0.15) is 11.1 Å². The molecule has 4 N–H and O–H groups in total. The maximum absolute atomic E-state index is 12.3. The molecule has 0 fully saturated rings. The topological polar surface area (TPSA) is 129 Å². The minimum absolute atomic E-state index is 0.115. The molecule has 0 aliphatic heterocycles. The molecule has 0 bridgehead atoms. The van der Waals surface area contributed by atoms with Crippen LogP contribution in [-0.4, -0.2) is 39.9 Å². The molecule has 0 atom stereocenters. The number of hydrogen-bond acceptors (Lipinski definition) is 8. The molecule has 1 amide bonds. The van der Waals surface area contributed by atoms with E-state index in [-0.39, 0.29) is 25.0 Å². The van der Waals surface area contributed by atoms with Gasteiger partial charge in [-0.25, -0.2) is 0 Å². The Bertz CT molecular complexity index is 992. The van der Waals surface area contributed by atoms with Gasteiger partial charge in [-0.2, -0.15) is 0 Å². The summed E-state index contributed by atoms with van der Waals surface area (Å²) in [6, 6.07) is 11.1. The van der Waals surface area contributed by atoms with Gasteiger partial charge in [0.05, 0.1) is 13.7 Å². The molecule has 10 nitrogen and oxygen atoms in total.